The van der Waals surface area contributed by atoms with E-state index in [1.165, 1.54) is 0 Å². The summed E-state index contributed by atoms with van der Waals surface area (Å²) in [5.41, 5.74) is 0. The average molecular weight is 298 g/mol. The van der Waals surface area contributed by atoms with Crippen LogP contribution < -0.4 is 10.1 Å². The molecule has 2 rings (SSSR count). The Morgan fingerprint density at radius 3 is 2.25 bits per heavy atom. The fourth-order valence-corrected chi connectivity index (χ4v) is 4.41. The zero-order chi connectivity index (χ0) is 14.8. The van der Waals surface area contributed by atoms with Crippen molar-refractivity contribution in [1.82, 2.24) is 9.62 Å². The van der Waals surface area contributed by atoms with Crippen molar-refractivity contribution in [1.29, 1.82) is 0 Å². The molecule has 1 N–H and O–H groups in total. The third kappa shape index (κ3) is 2.97. The molecule has 1 heterocycles. The van der Waals surface area contributed by atoms with Crippen LogP contribution >= 0.6 is 0 Å². The number of piperazine rings is 1. The maximum absolute atomic E-state index is 12.7. The zero-order valence-electron chi connectivity index (χ0n) is 12.2. The Hall–Kier alpha value is -1.11. The van der Waals surface area contributed by atoms with Crippen molar-refractivity contribution in [3.8, 4) is 5.75 Å². The number of hydrogen-bond donors (Lipinski definition) is 1. The van der Waals surface area contributed by atoms with E-state index in [0.29, 0.717) is 30.3 Å². The maximum Gasteiger partial charge on any atom is 0.243 e. The Morgan fingerprint density at radius 1 is 1.20 bits per heavy atom. The smallest absolute Gasteiger partial charge is 0.243 e. The van der Waals surface area contributed by atoms with Gasteiger partial charge in [0.05, 0.1) is 11.5 Å². The summed E-state index contributed by atoms with van der Waals surface area (Å²) in [7, 11) is -3.45. The summed E-state index contributed by atoms with van der Waals surface area (Å²) in [6.45, 7) is 7.68. The van der Waals surface area contributed by atoms with Gasteiger partial charge in [-0.2, -0.15) is 4.31 Å². The highest BCUT2D eigenvalue weighted by Crippen LogP contribution is 2.24. The van der Waals surface area contributed by atoms with E-state index in [1.807, 2.05) is 20.8 Å². The fourth-order valence-electron chi connectivity index (χ4n) is 2.59. The predicted octanol–water partition coefficient (Wildman–Crippen LogP) is 1.46. The minimum Gasteiger partial charge on any atom is -0.494 e. The van der Waals surface area contributed by atoms with Crippen LogP contribution in [0.5, 0.6) is 5.75 Å². The first kappa shape index (κ1) is 15.3. The topological polar surface area (TPSA) is 58.6 Å². The van der Waals surface area contributed by atoms with E-state index in [4.69, 9.17) is 4.74 Å². The van der Waals surface area contributed by atoms with Crippen LogP contribution in [0.3, 0.4) is 0 Å². The zero-order valence-corrected chi connectivity index (χ0v) is 13.0. The summed E-state index contributed by atoms with van der Waals surface area (Å²) in [5.74, 6) is 0.688. The van der Waals surface area contributed by atoms with Crippen LogP contribution in [-0.2, 0) is 10.0 Å². The van der Waals surface area contributed by atoms with E-state index in [1.54, 1.807) is 28.6 Å². The van der Waals surface area contributed by atoms with Gasteiger partial charge in [0.2, 0.25) is 10.0 Å². The second-order valence-electron chi connectivity index (χ2n) is 5.10. The van der Waals surface area contributed by atoms with Crippen LogP contribution in [0.15, 0.2) is 29.2 Å². The first-order valence-electron chi connectivity index (χ1n) is 6.94. The predicted molar refractivity (Wildman–Crippen MR) is 78.4 cm³/mol. The molecule has 6 heteroatoms. The molecule has 0 amide bonds. The second kappa shape index (κ2) is 6.11. The van der Waals surface area contributed by atoms with E-state index < -0.39 is 10.0 Å². The molecule has 5 nitrogen and oxygen atoms in total. The molecule has 0 spiro atoms. The molecule has 0 radical (unpaired) electrons. The third-order valence-electron chi connectivity index (χ3n) is 3.46. The molecule has 112 valence electrons. The van der Waals surface area contributed by atoms with E-state index >= 15 is 0 Å². The minimum absolute atomic E-state index is 0.0460. The molecular formula is C14H22N2O3S. The van der Waals surface area contributed by atoms with Crippen LogP contribution in [0.2, 0.25) is 0 Å². The van der Waals surface area contributed by atoms with Crippen LogP contribution in [0.1, 0.15) is 20.8 Å². The van der Waals surface area contributed by atoms with Gasteiger partial charge in [-0.05, 0) is 45.0 Å². The molecule has 2 atom stereocenters. The average Bonchev–Trinajstić information content (AvgIpc) is 2.39. The second-order valence-corrected chi connectivity index (χ2v) is 6.94. The monoisotopic (exact) mass is 298 g/mol. The molecule has 20 heavy (non-hydrogen) atoms. The van der Waals surface area contributed by atoms with E-state index in [-0.39, 0.29) is 12.1 Å². The number of ether oxygens (including phenoxy) is 1. The highest BCUT2D eigenvalue weighted by atomic mass is 32.2. The Bertz CT molecular complexity index is 532. The maximum atomic E-state index is 12.7. The molecule has 1 aliphatic rings. The van der Waals surface area contributed by atoms with E-state index in [0.717, 1.165) is 0 Å². The summed E-state index contributed by atoms with van der Waals surface area (Å²) >= 11 is 0. The highest BCUT2D eigenvalue weighted by Gasteiger charge is 2.35. The molecule has 1 aromatic rings. The lowest BCUT2D eigenvalue weighted by Gasteiger charge is -2.38. The van der Waals surface area contributed by atoms with Crippen molar-refractivity contribution in [2.24, 2.45) is 0 Å². The van der Waals surface area contributed by atoms with E-state index in [2.05, 4.69) is 5.32 Å². The SMILES string of the molecule is CCOc1ccc(S(=O)(=O)N2C(C)CNCC2C)cc1. The van der Waals surface area contributed by atoms with Crippen molar-refractivity contribution in [2.45, 2.75) is 37.8 Å². The molecule has 1 aromatic carbocycles. The number of nitrogens with zero attached hydrogens (tertiary/aromatic N) is 1. The first-order chi connectivity index (χ1) is 9.46. The molecule has 1 fully saturated rings. The molecule has 1 aliphatic heterocycles. The number of nitrogens with one attached hydrogen (secondary N) is 1. The summed E-state index contributed by atoms with van der Waals surface area (Å²) in [5, 5.41) is 3.24. The Labute approximate surface area is 121 Å². The number of hydrogen-bond acceptors (Lipinski definition) is 4. The molecule has 0 aromatic heterocycles. The van der Waals surface area contributed by atoms with E-state index in [9.17, 15) is 8.42 Å². The summed E-state index contributed by atoms with van der Waals surface area (Å²) in [6.07, 6.45) is 0. The summed E-state index contributed by atoms with van der Waals surface area (Å²) < 4.78 is 32.4. The van der Waals surface area contributed by atoms with Gasteiger partial charge in [0.15, 0.2) is 0 Å². The quantitative estimate of drug-likeness (QED) is 0.914. The number of rotatable bonds is 4. The molecule has 0 aliphatic carbocycles. The Kier molecular flexibility index (Phi) is 4.67. The molecule has 0 saturated carbocycles. The molecule has 1 saturated heterocycles. The van der Waals surface area contributed by atoms with Crippen molar-refractivity contribution < 1.29 is 13.2 Å². The van der Waals surface area contributed by atoms with Gasteiger partial charge in [-0.1, -0.05) is 0 Å². The van der Waals surface area contributed by atoms with Crippen molar-refractivity contribution in [3.63, 3.8) is 0 Å². The third-order valence-corrected chi connectivity index (χ3v) is 5.60. The van der Waals surface area contributed by atoms with Gasteiger partial charge >= 0.3 is 0 Å². The minimum atomic E-state index is -3.45. The van der Waals surface area contributed by atoms with Gasteiger partial charge in [-0.25, -0.2) is 8.42 Å². The lowest BCUT2D eigenvalue weighted by molar-refractivity contribution is 0.220. The number of benzene rings is 1. The first-order valence-corrected chi connectivity index (χ1v) is 8.38. The standard InChI is InChI=1S/C14H22N2O3S/c1-4-19-13-5-7-14(8-6-13)20(17,18)16-11(2)9-15-10-12(16)3/h5-8,11-12,15H,4,9-10H2,1-3H3. The number of sulfonamides is 1. The Balaban J connectivity index is 2.29. The van der Waals surface area contributed by atoms with Crippen molar-refractivity contribution >= 4 is 10.0 Å². The van der Waals surface area contributed by atoms with Gasteiger partial charge in [-0.3, -0.25) is 0 Å². The summed E-state index contributed by atoms with van der Waals surface area (Å²) in [6, 6.07) is 6.54. The highest BCUT2D eigenvalue weighted by molar-refractivity contribution is 7.89. The van der Waals surface area contributed by atoms with Gasteiger partial charge in [-0.15, -0.1) is 0 Å². The molecular weight excluding hydrogens is 276 g/mol. The lowest BCUT2D eigenvalue weighted by Crippen LogP contribution is -2.57. The lowest BCUT2D eigenvalue weighted by atomic mass is 10.2. The normalized spacial score (nSPS) is 24.6. The molecule has 2 unspecified atom stereocenters. The van der Waals surface area contributed by atoms with Gasteiger partial charge < -0.3 is 10.1 Å². The summed E-state index contributed by atoms with van der Waals surface area (Å²) in [4.78, 5) is 0.321. The van der Waals surface area contributed by atoms with Gasteiger partial charge in [0, 0.05) is 25.2 Å². The largest absolute Gasteiger partial charge is 0.494 e. The van der Waals surface area contributed by atoms with Crippen LogP contribution in [0.25, 0.3) is 0 Å². The van der Waals surface area contributed by atoms with Gasteiger partial charge in [0.1, 0.15) is 5.75 Å². The van der Waals surface area contributed by atoms with Crippen LogP contribution in [0.4, 0.5) is 0 Å². The molecule has 0 bridgehead atoms. The van der Waals surface area contributed by atoms with Crippen LogP contribution in [0, 0.1) is 0 Å². The van der Waals surface area contributed by atoms with Crippen molar-refractivity contribution in [2.75, 3.05) is 19.7 Å². The van der Waals surface area contributed by atoms with Gasteiger partial charge in [0.25, 0.3) is 0 Å². The van der Waals surface area contributed by atoms with Crippen molar-refractivity contribution in [3.05, 3.63) is 24.3 Å². The van der Waals surface area contributed by atoms with Crippen LogP contribution in [-0.4, -0.2) is 44.5 Å². The fraction of sp³-hybridized carbons (Fsp3) is 0.571. The Morgan fingerprint density at radius 2 is 1.75 bits per heavy atom.